The molecule has 0 unspecified atom stereocenters. The molecule has 0 saturated heterocycles. The van der Waals surface area contributed by atoms with Crippen LogP contribution in [0.2, 0.25) is 0 Å². The summed E-state index contributed by atoms with van der Waals surface area (Å²) in [5.41, 5.74) is 0.744. The van der Waals surface area contributed by atoms with Crippen molar-refractivity contribution < 1.29 is 9.47 Å². The third kappa shape index (κ3) is 3.25. The highest BCUT2D eigenvalue weighted by molar-refractivity contribution is 5.60. The first kappa shape index (κ1) is 12.5. The molecule has 5 nitrogen and oxygen atoms in total. The van der Waals surface area contributed by atoms with Gasteiger partial charge in [0.25, 0.3) is 0 Å². The molecule has 0 amide bonds. The van der Waals surface area contributed by atoms with Crippen LogP contribution in [0.1, 0.15) is 27.2 Å². The van der Waals surface area contributed by atoms with Crippen molar-refractivity contribution in [3.8, 4) is 11.8 Å². The Morgan fingerprint density at radius 3 is 2.06 bits per heavy atom. The van der Waals surface area contributed by atoms with Gasteiger partial charge in [0.2, 0.25) is 11.8 Å². The van der Waals surface area contributed by atoms with E-state index < -0.39 is 0 Å². The quantitative estimate of drug-likeness (QED) is 0.770. The first-order valence-electron chi connectivity index (χ1n) is 5.67. The molecule has 5 heteroatoms. The number of ether oxygens (including phenoxy) is 2. The average Bonchev–Trinajstić information content (AvgIpc) is 2.29. The molecular weight excluding hydrogens is 206 g/mol. The topological polar surface area (TPSA) is 56.3 Å². The van der Waals surface area contributed by atoms with E-state index in [1.54, 1.807) is 0 Å². The number of rotatable bonds is 7. The molecule has 1 rings (SSSR count). The number of nitrogens with one attached hydrogen (secondary N) is 1. The van der Waals surface area contributed by atoms with Crippen molar-refractivity contribution in [2.45, 2.75) is 27.2 Å². The Morgan fingerprint density at radius 1 is 1.06 bits per heavy atom. The van der Waals surface area contributed by atoms with Crippen molar-refractivity contribution in [3.63, 3.8) is 0 Å². The lowest BCUT2D eigenvalue weighted by molar-refractivity contribution is 0.308. The third-order valence-corrected chi connectivity index (χ3v) is 1.89. The third-order valence-electron chi connectivity index (χ3n) is 1.89. The van der Waals surface area contributed by atoms with Crippen LogP contribution in [-0.2, 0) is 0 Å². The Hall–Kier alpha value is -1.52. The van der Waals surface area contributed by atoms with Crippen molar-refractivity contribution in [1.29, 1.82) is 0 Å². The molecule has 1 heterocycles. The number of anilines is 1. The fourth-order valence-corrected chi connectivity index (χ4v) is 1.25. The molecule has 0 aliphatic carbocycles. The lowest BCUT2D eigenvalue weighted by atomic mass is 10.4. The molecule has 0 aromatic carbocycles. The summed E-state index contributed by atoms with van der Waals surface area (Å²) in [7, 11) is 0. The predicted molar refractivity (Wildman–Crippen MR) is 63.2 cm³/mol. The molecule has 0 spiro atoms. The maximum Gasteiger partial charge on any atom is 0.244 e. The molecule has 0 atom stereocenters. The summed E-state index contributed by atoms with van der Waals surface area (Å²) in [6.45, 7) is 7.93. The van der Waals surface area contributed by atoms with E-state index in [9.17, 15) is 0 Å². The molecule has 0 aliphatic rings. The zero-order valence-corrected chi connectivity index (χ0v) is 10.1. The number of hydrogen-bond acceptors (Lipinski definition) is 5. The number of aromatic nitrogens is 2. The molecule has 0 radical (unpaired) electrons. The largest absolute Gasteiger partial charge is 0.476 e. The Balaban J connectivity index is 2.92. The van der Waals surface area contributed by atoms with Crippen LogP contribution in [0.25, 0.3) is 0 Å². The van der Waals surface area contributed by atoms with E-state index in [0.29, 0.717) is 25.0 Å². The summed E-state index contributed by atoms with van der Waals surface area (Å²) in [6.07, 6.45) is 2.47. The van der Waals surface area contributed by atoms with Gasteiger partial charge in [0.1, 0.15) is 6.33 Å². The summed E-state index contributed by atoms with van der Waals surface area (Å²) < 4.78 is 10.9. The minimum atomic E-state index is 0.550. The van der Waals surface area contributed by atoms with Crippen LogP contribution in [0, 0.1) is 0 Å². The molecule has 0 aliphatic heterocycles. The van der Waals surface area contributed by atoms with E-state index in [1.165, 1.54) is 6.33 Å². The van der Waals surface area contributed by atoms with E-state index >= 15 is 0 Å². The summed E-state index contributed by atoms with van der Waals surface area (Å²) in [5, 5.41) is 3.23. The van der Waals surface area contributed by atoms with Crippen molar-refractivity contribution >= 4 is 5.69 Å². The molecule has 16 heavy (non-hydrogen) atoms. The molecule has 90 valence electrons. The second kappa shape index (κ2) is 6.87. The van der Waals surface area contributed by atoms with Crippen LogP contribution in [0.3, 0.4) is 0 Å². The van der Waals surface area contributed by atoms with Gasteiger partial charge in [-0.1, -0.05) is 6.92 Å². The smallest absolute Gasteiger partial charge is 0.244 e. The summed E-state index contributed by atoms with van der Waals surface area (Å²) >= 11 is 0. The van der Waals surface area contributed by atoms with Crippen molar-refractivity contribution in [2.24, 2.45) is 0 Å². The van der Waals surface area contributed by atoms with Crippen LogP contribution in [0.15, 0.2) is 6.33 Å². The number of nitrogens with zero attached hydrogens (tertiary/aromatic N) is 2. The maximum absolute atomic E-state index is 5.43. The Labute approximate surface area is 96.2 Å². The number of hydrogen-bond donors (Lipinski definition) is 1. The van der Waals surface area contributed by atoms with Gasteiger partial charge in [0.05, 0.1) is 13.2 Å². The summed E-state index contributed by atoms with van der Waals surface area (Å²) in [4.78, 5) is 8.18. The standard InChI is InChI=1S/C11H19N3O2/c1-4-7-12-9-10(15-5-2)13-8-14-11(9)16-6-3/h8,12H,4-7H2,1-3H3. The van der Waals surface area contributed by atoms with E-state index in [1.807, 2.05) is 13.8 Å². The molecule has 0 saturated carbocycles. The Bertz CT molecular complexity index is 294. The minimum absolute atomic E-state index is 0.550. The van der Waals surface area contributed by atoms with E-state index in [0.717, 1.165) is 18.7 Å². The van der Waals surface area contributed by atoms with Crippen LogP contribution in [-0.4, -0.2) is 29.7 Å². The van der Waals surface area contributed by atoms with Crippen molar-refractivity contribution in [3.05, 3.63) is 6.33 Å². The van der Waals surface area contributed by atoms with Gasteiger partial charge < -0.3 is 14.8 Å². The van der Waals surface area contributed by atoms with Gasteiger partial charge in [-0.2, -0.15) is 9.97 Å². The van der Waals surface area contributed by atoms with Crippen molar-refractivity contribution in [1.82, 2.24) is 9.97 Å². The van der Waals surface area contributed by atoms with Gasteiger partial charge in [-0.3, -0.25) is 0 Å². The highest BCUT2D eigenvalue weighted by Crippen LogP contribution is 2.30. The van der Waals surface area contributed by atoms with Gasteiger partial charge in [0, 0.05) is 6.54 Å². The van der Waals surface area contributed by atoms with Crippen LogP contribution < -0.4 is 14.8 Å². The van der Waals surface area contributed by atoms with Gasteiger partial charge >= 0.3 is 0 Å². The Kier molecular flexibility index (Phi) is 5.39. The molecule has 0 bridgehead atoms. The molecule has 1 N–H and O–H groups in total. The first-order valence-corrected chi connectivity index (χ1v) is 5.67. The van der Waals surface area contributed by atoms with Gasteiger partial charge in [-0.25, -0.2) is 0 Å². The van der Waals surface area contributed by atoms with Crippen molar-refractivity contribution in [2.75, 3.05) is 25.1 Å². The predicted octanol–water partition coefficient (Wildman–Crippen LogP) is 2.10. The second-order valence-electron chi connectivity index (χ2n) is 3.15. The molecule has 1 aromatic heterocycles. The maximum atomic E-state index is 5.43. The molecule has 1 aromatic rings. The first-order chi connectivity index (χ1) is 7.83. The summed E-state index contributed by atoms with van der Waals surface area (Å²) in [5.74, 6) is 1.10. The second-order valence-corrected chi connectivity index (χ2v) is 3.15. The highest BCUT2D eigenvalue weighted by atomic mass is 16.5. The zero-order valence-electron chi connectivity index (χ0n) is 10.1. The lowest BCUT2D eigenvalue weighted by Crippen LogP contribution is -2.08. The minimum Gasteiger partial charge on any atom is -0.476 e. The fraction of sp³-hybridized carbons (Fsp3) is 0.636. The van der Waals surface area contributed by atoms with Gasteiger partial charge in [0.15, 0.2) is 5.69 Å². The van der Waals surface area contributed by atoms with Gasteiger partial charge in [-0.15, -0.1) is 0 Å². The van der Waals surface area contributed by atoms with Gasteiger partial charge in [-0.05, 0) is 20.3 Å². The Morgan fingerprint density at radius 2 is 1.62 bits per heavy atom. The van der Waals surface area contributed by atoms with Crippen LogP contribution >= 0.6 is 0 Å². The lowest BCUT2D eigenvalue weighted by Gasteiger charge is -2.13. The fourth-order valence-electron chi connectivity index (χ4n) is 1.25. The SMILES string of the molecule is CCCNc1c(OCC)ncnc1OCC. The van der Waals surface area contributed by atoms with Crippen LogP contribution in [0.5, 0.6) is 11.8 Å². The monoisotopic (exact) mass is 225 g/mol. The molecule has 0 fully saturated rings. The summed E-state index contributed by atoms with van der Waals surface area (Å²) in [6, 6.07) is 0. The zero-order chi connectivity index (χ0) is 11.8. The highest BCUT2D eigenvalue weighted by Gasteiger charge is 2.12. The van der Waals surface area contributed by atoms with E-state index in [2.05, 4.69) is 22.2 Å². The average molecular weight is 225 g/mol. The molecular formula is C11H19N3O2. The van der Waals surface area contributed by atoms with E-state index in [-0.39, 0.29) is 0 Å². The van der Waals surface area contributed by atoms with Crippen LogP contribution in [0.4, 0.5) is 5.69 Å². The normalized spacial score (nSPS) is 9.94. The van der Waals surface area contributed by atoms with E-state index in [4.69, 9.17) is 9.47 Å².